The minimum absolute atomic E-state index is 0.0669. The van der Waals surface area contributed by atoms with Crippen LogP contribution in [0.3, 0.4) is 0 Å². The number of amides is 4. The van der Waals surface area contributed by atoms with Crippen molar-refractivity contribution in [2.45, 2.75) is 97.1 Å². The van der Waals surface area contributed by atoms with E-state index in [4.69, 9.17) is 9.47 Å². The third-order valence-corrected chi connectivity index (χ3v) is 8.31. The quantitative estimate of drug-likeness (QED) is 0.422. The SMILES string of the molecule is CN(C(=O)C1=CC[CH]C(C(=O)N(C)C2CCCN2C(=O)OC(C)(C)C)=C1c1ccccc1)C1CCN(C(=O)OC(C)(C)C)CC1. The molecule has 0 N–H and O–H groups in total. The van der Waals surface area contributed by atoms with Crippen molar-refractivity contribution >= 4 is 29.6 Å². The summed E-state index contributed by atoms with van der Waals surface area (Å²) in [6.07, 6.45) is 5.60. The second-order valence-electron chi connectivity index (χ2n) is 14.0. The van der Waals surface area contributed by atoms with Gasteiger partial charge in [-0.2, -0.15) is 0 Å². The van der Waals surface area contributed by atoms with E-state index >= 15 is 0 Å². The zero-order valence-corrected chi connectivity index (χ0v) is 28.1. The van der Waals surface area contributed by atoms with Gasteiger partial charge >= 0.3 is 12.2 Å². The standard InChI is InChI=1S/C35H49N4O6/c1-34(2,3)44-32(42)38-22-19-25(20-23-38)36(7)30(40)26-16-12-17-27(29(26)24-14-10-9-11-15-24)31(41)37(8)28-18-13-21-39(28)33(43)45-35(4,5)6/h9-11,14-17,25,28H,12-13,18-23H2,1-8H3. The minimum atomic E-state index is -0.647. The van der Waals surface area contributed by atoms with Crippen molar-refractivity contribution in [1.29, 1.82) is 0 Å². The monoisotopic (exact) mass is 621 g/mol. The molecule has 0 spiro atoms. The molecule has 10 nitrogen and oxygen atoms in total. The fourth-order valence-corrected chi connectivity index (χ4v) is 6.08. The molecule has 2 saturated heterocycles. The normalized spacial score (nSPS) is 19.6. The summed E-state index contributed by atoms with van der Waals surface area (Å²) in [6.45, 7) is 12.5. The van der Waals surface area contributed by atoms with Gasteiger partial charge in [0.2, 0.25) is 0 Å². The van der Waals surface area contributed by atoms with Gasteiger partial charge in [0.15, 0.2) is 0 Å². The molecule has 2 fully saturated rings. The van der Waals surface area contributed by atoms with Crippen LogP contribution in [0.4, 0.5) is 9.59 Å². The Morgan fingerprint density at radius 1 is 0.778 bits per heavy atom. The van der Waals surface area contributed by atoms with Crippen molar-refractivity contribution in [1.82, 2.24) is 19.6 Å². The van der Waals surface area contributed by atoms with E-state index in [1.165, 1.54) is 0 Å². The lowest BCUT2D eigenvalue weighted by Crippen LogP contribution is -2.50. The summed E-state index contributed by atoms with van der Waals surface area (Å²) in [4.78, 5) is 60.6. The fourth-order valence-electron chi connectivity index (χ4n) is 6.08. The van der Waals surface area contributed by atoms with E-state index in [2.05, 4.69) is 0 Å². The van der Waals surface area contributed by atoms with Crippen LogP contribution in [0.2, 0.25) is 0 Å². The van der Waals surface area contributed by atoms with Gasteiger partial charge < -0.3 is 24.2 Å². The molecule has 0 aromatic heterocycles. The van der Waals surface area contributed by atoms with Gasteiger partial charge in [-0.1, -0.05) is 36.4 Å². The number of benzene rings is 1. The summed E-state index contributed by atoms with van der Waals surface area (Å²) in [5, 5.41) is 0. The van der Waals surface area contributed by atoms with Crippen LogP contribution < -0.4 is 0 Å². The van der Waals surface area contributed by atoms with Gasteiger partial charge in [0, 0.05) is 62.9 Å². The number of likely N-dealkylation sites (N-methyl/N-ethyl adjacent to an activating group) is 2. The molecule has 0 bridgehead atoms. The molecule has 0 saturated carbocycles. The molecule has 1 unspecified atom stereocenters. The molecule has 1 aliphatic carbocycles. The van der Waals surface area contributed by atoms with Crippen molar-refractivity contribution in [3.63, 3.8) is 0 Å². The third kappa shape index (κ3) is 8.27. The number of carbonyl (C=O) groups is 4. The van der Waals surface area contributed by atoms with Crippen LogP contribution in [0.15, 0.2) is 47.6 Å². The highest BCUT2D eigenvalue weighted by Gasteiger charge is 2.39. The van der Waals surface area contributed by atoms with Gasteiger partial charge in [-0.15, -0.1) is 0 Å². The molecule has 4 amide bonds. The van der Waals surface area contributed by atoms with E-state index in [1.54, 1.807) is 33.7 Å². The van der Waals surface area contributed by atoms with E-state index in [1.807, 2.05) is 84.4 Å². The molecule has 45 heavy (non-hydrogen) atoms. The summed E-state index contributed by atoms with van der Waals surface area (Å²) in [5.74, 6) is -0.414. The number of piperidine rings is 1. The summed E-state index contributed by atoms with van der Waals surface area (Å²) in [7, 11) is 3.51. The van der Waals surface area contributed by atoms with Crippen LogP contribution in [-0.4, -0.2) is 101 Å². The van der Waals surface area contributed by atoms with Crippen LogP contribution in [0.25, 0.3) is 5.57 Å². The zero-order valence-electron chi connectivity index (χ0n) is 28.1. The van der Waals surface area contributed by atoms with Gasteiger partial charge in [0.1, 0.15) is 17.4 Å². The Bertz CT molecular complexity index is 1330. The maximum absolute atomic E-state index is 14.2. The van der Waals surface area contributed by atoms with Gasteiger partial charge in [-0.05, 0) is 79.2 Å². The predicted molar refractivity (Wildman–Crippen MR) is 173 cm³/mol. The van der Waals surface area contributed by atoms with Crippen LogP contribution >= 0.6 is 0 Å². The maximum Gasteiger partial charge on any atom is 0.411 e. The summed E-state index contributed by atoms with van der Waals surface area (Å²) < 4.78 is 11.2. The Hall–Kier alpha value is -3.82. The van der Waals surface area contributed by atoms with Crippen molar-refractivity contribution in [2.75, 3.05) is 33.7 Å². The first-order chi connectivity index (χ1) is 21.1. The lowest BCUT2D eigenvalue weighted by atomic mass is 9.84. The molecule has 1 aromatic carbocycles. The number of allylic oxidation sites excluding steroid dienone is 1. The number of likely N-dealkylation sites (tertiary alicyclic amines) is 2. The Morgan fingerprint density at radius 2 is 1.38 bits per heavy atom. The Morgan fingerprint density at radius 3 is 1.98 bits per heavy atom. The van der Waals surface area contributed by atoms with Crippen molar-refractivity contribution in [2.24, 2.45) is 0 Å². The maximum atomic E-state index is 14.2. The van der Waals surface area contributed by atoms with E-state index in [9.17, 15) is 19.2 Å². The molecular formula is C35H49N4O6. The summed E-state index contributed by atoms with van der Waals surface area (Å²) in [6, 6.07) is 9.43. The van der Waals surface area contributed by atoms with Gasteiger partial charge in [-0.25, -0.2) is 9.59 Å². The first-order valence-electron chi connectivity index (χ1n) is 15.9. The second-order valence-corrected chi connectivity index (χ2v) is 14.0. The summed E-state index contributed by atoms with van der Waals surface area (Å²) >= 11 is 0. The van der Waals surface area contributed by atoms with E-state index in [0.29, 0.717) is 62.0 Å². The smallest absolute Gasteiger partial charge is 0.411 e. The average Bonchev–Trinajstić information content (AvgIpc) is 3.48. The van der Waals surface area contributed by atoms with Crippen molar-refractivity contribution < 1.29 is 28.7 Å². The minimum Gasteiger partial charge on any atom is -0.444 e. The van der Waals surface area contributed by atoms with Crippen LogP contribution in [0.5, 0.6) is 0 Å². The molecule has 1 aromatic rings. The number of nitrogens with zero attached hydrogens (tertiary/aromatic N) is 4. The van der Waals surface area contributed by atoms with Gasteiger partial charge in [0.05, 0.1) is 0 Å². The zero-order chi connectivity index (χ0) is 33.1. The second kappa shape index (κ2) is 13.7. The highest BCUT2D eigenvalue weighted by molar-refractivity contribution is 6.17. The third-order valence-electron chi connectivity index (χ3n) is 8.31. The van der Waals surface area contributed by atoms with Crippen molar-refractivity contribution in [3.05, 3.63) is 59.5 Å². The number of hydrogen-bond donors (Lipinski definition) is 0. The van der Waals surface area contributed by atoms with Crippen LogP contribution in [0.1, 0.15) is 79.2 Å². The molecule has 2 aliphatic heterocycles. The summed E-state index contributed by atoms with van der Waals surface area (Å²) in [5.41, 5.74) is 1.06. The number of rotatable bonds is 5. The topological polar surface area (TPSA) is 99.7 Å². The van der Waals surface area contributed by atoms with E-state index in [0.717, 1.165) is 12.0 Å². The van der Waals surface area contributed by atoms with Gasteiger partial charge in [-0.3, -0.25) is 14.5 Å². The highest BCUT2D eigenvalue weighted by Crippen LogP contribution is 2.36. The Balaban J connectivity index is 1.56. The molecule has 3 aliphatic rings. The largest absolute Gasteiger partial charge is 0.444 e. The van der Waals surface area contributed by atoms with Crippen LogP contribution in [-0.2, 0) is 19.1 Å². The Labute approximate surface area is 268 Å². The average molecular weight is 622 g/mol. The van der Waals surface area contributed by atoms with Crippen LogP contribution in [0, 0.1) is 6.42 Å². The fraction of sp³-hybridized carbons (Fsp3) is 0.571. The first kappa shape index (κ1) is 34.1. The molecule has 4 rings (SSSR count). The lowest BCUT2D eigenvalue weighted by Gasteiger charge is -2.38. The lowest BCUT2D eigenvalue weighted by molar-refractivity contribution is -0.130. The van der Waals surface area contributed by atoms with Crippen molar-refractivity contribution in [3.8, 4) is 0 Å². The van der Waals surface area contributed by atoms with E-state index in [-0.39, 0.29) is 23.9 Å². The van der Waals surface area contributed by atoms with Gasteiger partial charge in [0.25, 0.3) is 11.8 Å². The van der Waals surface area contributed by atoms with E-state index < -0.39 is 23.5 Å². The molecular weight excluding hydrogens is 572 g/mol. The highest BCUT2D eigenvalue weighted by atomic mass is 16.6. The number of ether oxygens (including phenoxy) is 2. The molecule has 10 heteroatoms. The Kier molecular flexibility index (Phi) is 10.3. The number of hydrogen-bond acceptors (Lipinski definition) is 6. The molecule has 1 atom stereocenters. The predicted octanol–water partition coefficient (Wildman–Crippen LogP) is 5.65. The molecule has 245 valence electrons. The number of carbonyl (C=O) groups excluding carboxylic acids is 4. The molecule has 1 radical (unpaired) electrons. The molecule has 2 heterocycles. The first-order valence-corrected chi connectivity index (χ1v) is 15.9.